The van der Waals surface area contributed by atoms with Crippen LogP contribution in [0.15, 0.2) is 36.5 Å². The van der Waals surface area contributed by atoms with Gasteiger partial charge in [-0.05, 0) is 57.1 Å². The van der Waals surface area contributed by atoms with Crippen LogP contribution in [0.2, 0.25) is 0 Å². The quantitative estimate of drug-likeness (QED) is 0.426. The number of rotatable bonds is 6. The van der Waals surface area contributed by atoms with Gasteiger partial charge < -0.3 is 16.0 Å². The van der Waals surface area contributed by atoms with Gasteiger partial charge in [0.2, 0.25) is 5.82 Å². The van der Waals surface area contributed by atoms with E-state index in [0.717, 1.165) is 79.5 Å². The molecule has 35 heavy (non-hydrogen) atoms. The molecular weight excluding hydrogens is 436 g/mol. The average molecular weight is 471 g/mol. The molecule has 4 heterocycles. The molecule has 4 aromatic rings. The molecule has 8 nitrogen and oxygen atoms in total. The van der Waals surface area contributed by atoms with Crippen LogP contribution in [0, 0.1) is 0 Å². The second kappa shape index (κ2) is 9.41. The molecular formula is C27H34N8. The highest BCUT2D eigenvalue weighted by Crippen LogP contribution is 2.32. The number of nitrogens with two attached hydrogens (primary N) is 1. The number of hydrogen-bond donors (Lipinski definition) is 2. The van der Waals surface area contributed by atoms with E-state index in [2.05, 4.69) is 51.6 Å². The summed E-state index contributed by atoms with van der Waals surface area (Å²) in [5, 5.41) is 18.8. The molecule has 0 saturated heterocycles. The van der Waals surface area contributed by atoms with Crippen LogP contribution in [0.5, 0.6) is 0 Å². The van der Waals surface area contributed by atoms with Gasteiger partial charge in [0.15, 0.2) is 5.65 Å². The molecule has 3 aromatic heterocycles. The number of pyridine rings is 1. The first-order valence-corrected chi connectivity index (χ1v) is 13.1. The summed E-state index contributed by atoms with van der Waals surface area (Å²) in [6.45, 7) is 4.39. The van der Waals surface area contributed by atoms with Crippen LogP contribution in [-0.2, 0) is 6.42 Å². The number of unbranched alkanes of at least 4 members (excludes halogenated alkanes) is 1. The molecule has 0 unspecified atom stereocenters. The Morgan fingerprint density at radius 2 is 1.97 bits per heavy atom. The van der Waals surface area contributed by atoms with Crippen LogP contribution in [0.25, 0.3) is 28.1 Å². The maximum Gasteiger partial charge on any atom is 0.203 e. The summed E-state index contributed by atoms with van der Waals surface area (Å²) in [5.41, 5.74) is 12.2. The summed E-state index contributed by atoms with van der Waals surface area (Å²) in [5.74, 6) is 0.689. The molecule has 2 aliphatic rings. The smallest absolute Gasteiger partial charge is 0.203 e. The van der Waals surface area contributed by atoms with Gasteiger partial charge in [-0.15, -0.1) is 10.2 Å². The zero-order valence-electron chi connectivity index (χ0n) is 20.5. The maximum atomic E-state index is 6.11. The van der Waals surface area contributed by atoms with Crippen LogP contribution in [0.1, 0.15) is 57.4 Å². The van der Waals surface area contributed by atoms with Crippen molar-refractivity contribution in [1.82, 2.24) is 24.8 Å². The molecule has 0 spiro atoms. The average Bonchev–Trinajstić information content (AvgIpc) is 3.33. The Morgan fingerprint density at radius 1 is 1.09 bits per heavy atom. The minimum Gasteiger partial charge on any atom is -0.381 e. The Morgan fingerprint density at radius 3 is 2.83 bits per heavy atom. The lowest BCUT2D eigenvalue weighted by Crippen LogP contribution is -2.32. The predicted molar refractivity (Wildman–Crippen MR) is 141 cm³/mol. The van der Waals surface area contributed by atoms with Gasteiger partial charge in [0.25, 0.3) is 0 Å². The summed E-state index contributed by atoms with van der Waals surface area (Å²) in [7, 11) is 0. The van der Waals surface area contributed by atoms with Crippen LogP contribution >= 0.6 is 0 Å². The van der Waals surface area contributed by atoms with Gasteiger partial charge in [-0.3, -0.25) is 0 Å². The lowest BCUT2D eigenvalue weighted by Gasteiger charge is -2.30. The summed E-state index contributed by atoms with van der Waals surface area (Å²) in [4.78, 5) is 7.51. The van der Waals surface area contributed by atoms with Crippen molar-refractivity contribution in [3.8, 4) is 11.5 Å². The van der Waals surface area contributed by atoms with E-state index in [1.807, 2.05) is 16.8 Å². The van der Waals surface area contributed by atoms with Crippen LogP contribution < -0.4 is 16.0 Å². The molecule has 1 aliphatic carbocycles. The number of aryl methyl sites for hydroxylation is 1. The van der Waals surface area contributed by atoms with Gasteiger partial charge >= 0.3 is 0 Å². The summed E-state index contributed by atoms with van der Waals surface area (Å²) >= 11 is 0. The third kappa shape index (κ3) is 4.20. The molecule has 182 valence electrons. The Hall–Kier alpha value is -3.26. The van der Waals surface area contributed by atoms with E-state index in [0.29, 0.717) is 17.9 Å². The van der Waals surface area contributed by atoms with E-state index >= 15 is 0 Å². The second-order valence-corrected chi connectivity index (χ2v) is 10.0. The van der Waals surface area contributed by atoms with Gasteiger partial charge in [-0.25, -0.2) is 4.98 Å². The van der Waals surface area contributed by atoms with Gasteiger partial charge in [-0.1, -0.05) is 31.5 Å². The van der Waals surface area contributed by atoms with E-state index in [1.165, 1.54) is 24.1 Å². The fourth-order valence-electron chi connectivity index (χ4n) is 5.57. The minimum atomic E-state index is 0.337. The van der Waals surface area contributed by atoms with Crippen molar-refractivity contribution in [2.45, 2.75) is 70.4 Å². The number of anilines is 2. The van der Waals surface area contributed by atoms with E-state index in [9.17, 15) is 0 Å². The topological polar surface area (TPSA) is 97.3 Å². The predicted octanol–water partition coefficient (Wildman–Crippen LogP) is 4.57. The molecule has 0 radical (unpaired) electrons. The maximum absolute atomic E-state index is 6.11. The van der Waals surface area contributed by atoms with Crippen LogP contribution in [-0.4, -0.2) is 50.0 Å². The molecule has 1 fully saturated rings. The van der Waals surface area contributed by atoms with Crippen molar-refractivity contribution < 1.29 is 0 Å². The zero-order valence-corrected chi connectivity index (χ0v) is 20.5. The van der Waals surface area contributed by atoms with Crippen molar-refractivity contribution in [2.75, 3.05) is 23.3 Å². The number of para-hydroxylation sites is 1. The van der Waals surface area contributed by atoms with E-state index in [4.69, 9.17) is 15.8 Å². The normalized spacial score (nSPS) is 20.3. The third-order valence-electron chi connectivity index (χ3n) is 7.57. The molecule has 6 rings (SSSR count). The summed E-state index contributed by atoms with van der Waals surface area (Å²) < 4.78 is 1.87. The molecule has 1 saturated carbocycles. The lowest BCUT2D eigenvalue weighted by atomic mass is 9.91. The number of nitrogens with zero attached hydrogens (tertiary/aromatic N) is 6. The van der Waals surface area contributed by atoms with Gasteiger partial charge in [0.1, 0.15) is 5.69 Å². The van der Waals surface area contributed by atoms with Gasteiger partial charge in [0, 0.05) is 36.1 Å². The van der Waals surface area contributed by atoms with Crippen molar-refractivity contribution >= 4 is 27.9 Å². The molecule has 0 bridgehead atoms. The molecule has 3 N–H and O–H groups in total. The summed E-state index contributed by atoms with van der Waals surface area (Å²) in [6, 6.07) is 11.2. The van der Waals surface area contributed by atoms with Crippen molar-refractivity contribution in [3.63, 3.8) is 0 Å². The number of aromatic nitrogens is 5. The summed E-state index contributed by atoms with van der Waals surface area (Å²) in [6.07, 6.45) is 10.8. The monoisotopic (exact) mass is 470 g/mol. The van der Waals surface area contributed by atoms with E-state index in [1.54, 1.807) is 0 Å². The molecule has 1 aromatic carbocycles. The molecule has 8 heteroatoms. The van der Waals surface area contributed by atoms with Crippen molar-refractivity contribution in [1.29, 1.82) is 0 Å². The van der Waals surface area contributed by atoms with Gasteiger partial charge in [0.05, 0.1) is 23.1 Å². The molecule has 1 aliphatic heterocycles. The Kier molecular flexibility index (Phi) is 5.98. The lowest BCUT2D eigenvalue weighted by molar-refractivity contribution is 0.411. The highest BCUT2D eigenvalue weighted by molar-refractivity contribution is 5.91. The van der Waals surface area contributed by atoms with Crippen LogP contribution in [0.4, 0.5) is 11.4 Å². The number of hydrogen-bond acceptors (Lipinski definition) is 7. The highest BCUT2D eigenvalue weighted by atomic mass is 15.4. The fourth-order valence-corrected chi connectivity index (χ4v) is 5.57. The SMILES string of the molecule is CCCCN1CCCc2c1cnn1c(-c3ccc4cccc(NC5CCC(N)CC5)c4n3)nnc21. The van der Waals surface area contributed by atoms with E-state index in [-0.39, 0.29) is 0 Å². The first-order valence-electron chi connectivity index (χ1n) is 13.1. The van der Waals surface area contributed by atoms with Crippen LogP contribution in [0.3, 0.4) is 0 Å². The Balaban J connectivity index is 1.36. The van der Waals surface area contributed by atoms with Crippen molar-refractivity contribution in [3.05, 3.63) is 42.1 Å². The van der Waals surface area contributed by atoms with Crippen molar-refractivity contribution in [2.24, 2.45) is 5.73 Å². The minimum absolute atomic E-state index is 0.337. The van der Waals surface area contributed by atoms with Gasteiger partial charge in [-0.2, -0.15) is 9.61 Å². The first kappa shape index (κ1) is 22.2. The zero-order chi connectivity index (χ0) is 23.8. The molecule has 0 atom stereocenters. The Labute approximate surface area is 205 Å². The standard InChI is InChI=1S/C27H34N8/c1-2-3-15-34-16-5-7-21-24(34)17-29-35-26(21)32-33-27(35)23-14-9-18-6-4-8-22(25(18)31-23)30-20-12-10-19(28)11-13-20/h4,6,8-9,14,17,19-20,30H,2-3,5,7,10-13,15-16,28H2,1H3. The second-order valence-electron chi connectivity index (χ2n) is 10.0. The largest absolute Gasteiger partial charge is 0.381 e. The number of fused-ring (bicyclic) bond motifs is 4. The van der Waals surface area contributed by atoms with E-state index < -0.39 is 0 Å². The first-order chi connectivity index (χ1) is 17.2. The number of nitrogens with one attached hydrogen (secondary N) is 1. The Bertz CT molecular complexity index is 1340. The number of benzene rings is 1. The fraction of sp³-hybridized carbons (Fsp3) is 0.481. The third-order valence-corrected chi connectivity index (χ3v) is 7.57. The highest BCUT2D eigenvalue weighted by Gasteiger charge is 2.24. The molecule has 0 amide bonds.